The average Bonchev–Trinajstić information content (AvgIpc) is 3.12. The van der Waals surface area contributed by atoms with Crippen LogP contribution in [0.4, 0.5) is 8.78 Å². The SMILES string of the molecule is CN(CC(N)c1cccc(OC(F)F)c1)C1CC1. The Morgan fingerprint density at radius 2 is 2.17 bits per heavy atom. The number of hydrogen-bond donors (Lipinski definition) is 1. The molecule has 1 aliphatic carbocycles. The minimum Gasteiger partial charge on any atom is -0.435 e. The summed E-state index contributed by atoms with van der Waals surface area (Å²) in [5.74, 6) is 0.159. The van der Waals surface area contributed by atoms with Crippen LogP contribution in [0.25, 0.3) is 0 Å². The molecule has 0 spiro atoms. The number of benzene rings is 1. The number of likely N-dealkylation sites (N-methyl/N-ethyl adjacent to an activating group) is 1. The summed E-state index contributed by atoms with van der Waals surface area (Å²) < 4.78 is 28.6. The van der Waals surface area contributed by atoms with Gasteiger partial charge in [0.25, 0.3) is 0 Å². The number of ether oxygens (including phenoxy) is 1. The molecule has 1 saturated carbocycles. The van der Waals surface area contributed by atoms with Crippen LogP contribution in [0.5, 0.6) is 5.75 Å². The Morgan fingerprint density at radius 1 is 1.44 bits per heavy atom. The molecule has 5 heteroatoms. The molecule has 2 N–H and O–H groups in total. The molecular weight excluding hydrogens is 238 g/mol. The Balaban J connectivity index is 1.97. The summed E-state index contributed by atoms with van der Waals surface area (Å²) in [4.78, 5) is 2.21. The van der Waals surface area contributed by atoms with Gasteiger partial charge in [-0.3, -0.25) is 0 Å². The summed E-state index contributed by atoms with van der Waals surface area (Å²) >= 11 is 0. The van der Waals surface area contributed by atoms with E-state index < -0.39 is 6.61 Å². The van der Waals surface area contributed by atoms with Gasteiger partial charge in [0.1, 0.15) is 5.75 Å². The van der Waals surface area contributed by atoms with Crippen molar-refractivity contribution in [1.82, 2.24) is 4.90 Å². The number of rotatable bonds is 6. The van der Waals surface area contributed by atoms with Gasteiger partial charge in [-0.25, -0.2) is 0 Å². The van der Waals surface area contributed by atoms with Crippen molar-refractivity contribution in [3.8, 4) is 5.75 Å². The molecule has 1 aromatic rings. The summed E-state index contributed by atoms with van der Waals surface area (Å²) in [6.45, 7) is -2.08. The zero-order valence-corrected chi connectivity index (χ0v) is 10.4. The molecule has 0 saturated heterocycles. The third kappa shape index (κ3) is 3.65. The second kappa shape index (κ2) is 5.63. The molecule has 1 fully saturated rings. The maximum absolute atomic E-state index is 12.1. The maximum Gasteiger partial charge on any atom is 0.387 e. The number of nitrogens with two attached hydrogens (primary N) is 1. The van der Waals surface area contributed by atoms with Gasteiger partial charge in [-0.2, -0.15) is 8.78 Å². The van der Waals surface area contributed by atoms with Crippen LogP contribution in [0, 0.1) is 0 Å². The predicted octanol–water partition coefficient (Wildman–Crippen LogP) is 2.38. The first-order valence-corrected chi connectivity index (χ1v) is 6.07. The van der Waals surface area contributed by atoms with Crippen LogP contribution >= 0.6 is 0 Å². The lowest BCUT2D eigenvalue weighted by Gasteiger charge is -2.21. The highest BCUT2D eigenvalue weighted by molar-refractivity contribution is 5.30. The van der Waals surface area contributed by atoms with E-state index in [1.54, 1.807) is 12.1 Å². The van der Waals surface area contributed by atoms with Crippen molar-refractivity contribution < 1.29 is 13.5 Å². The highest BCUT2D eigenvalue weighted by Gasteiger charge is 2.27. The van der Waals surface area contributed by atoms with Crippen molar-refractivity contribution in [2.45, 2.75) is 31.5 Å². The van der Waals surface area contributed by atoms with Gasteiger partial charge in [0.2, 0.25) is 0 Å². The number of alkyl halides is 2. The fourth-order valence-electron chi connectivity index (χ4n) is 2.00. The molecular formula is C13H18F2N2O. The lowest BCUT2D eigenvalue weighted by atomic mass is 10.1. The fourth-order valence-corrected chi connectivity index (χ4v) is 2.00. The van der Waals surface area contributed by atoms with Gasteiger partial charge in [-0.15, -0.1) is 0 Å². The lowest BCUT2D eigenvalue weighted by Crippen LogP contribution is -2.30. The first-order valence-electron chi connectivity index (χ1n) is 6.07. The van der Waals surface area contributed by atoms with E-state index in [1.807, 2.05) is 13.1 Å². The zero-order valence-electron chi connectivity index (χ0n) is 10.4. The van der Waals surface area contributed by atoms with Crippen molar-refractivity contribution in [3.63, 3.8) is 0 Å². The molecule has 1 aromatic carbocycles. The Bertz CT molecular complexity index is 396. The third-order valence-corrected chi connectivity index (χ3v) is 3.17. The van der Waals surface area contributed by atoms with Crippen LogP contribution < -0.4 is 10.5 Å². The largest absolute Gasteiger partial charge is 0.435 e. The molecule has 0 amide bonds. The molecule has 1 atom stereocenters. The monoisotopic (exact) mass is 256 g/mol. The summed E-state index contributed by atoms with van der Waals surface area (Å²) in [6, 6.07) is 7.06. The zero-order chi connectivity index (χ0) is 13.1. The van der Waals surface area contributed by atoms with Gasteiger partial charge in [0.15, 0.2) is 0 Å². The van der Waals surface area contributed by atoms with Crippen LogP contribution in [0.1, 0.15) is 24.4 Å². The quantitative estimate of drug-likeness (QED) is 0.849. The molecule has 0 aliphatic heterocycles. The van der Waals surface area contributed by atoms with Crippen LogP contribution in [0.15, 0.2) is 24.3 Å². The number of halogens is 2. The van der Waals surface area contributed by atoms with Crippen LogP contribution in [-0.2, 0) is 0 Å². The van der Waals surface area contributed by atoms with Gasteiger partial charge in [-0.1, -0.05) is 12.1 Å². The molecule has 2 rings (SSSR count). The molecule has 0 heterocycles. The lowest BCUT2D eigenvalue weighted by molar-refractivity contribution is -0.0499. The van der Waals surface area contributed by atoms with Gasteiger partial charge in [-0.05, 0) is 37.6 Å². The molecule has 0 bridgehead atoms. The first-order chi connectivity index (χ1) is 8.56. The normalized spacial score (nSPS) is 17.2. The summed E-state index contributed by atoms with van der Waals surface area (Å²) in [5.41, 5.74) is 6.90. The molecule has 100 valence electrons. The van der Waals surface area contributed by atoms with E-state index in [2.05, 4.69) is 9.64 Å². The van der Waals surface area contributed by atoms with Crippen molar-refractivity contribution >= 4 is 0 Å². The van der Waals surface area contributed by atoms with Gasteiger partial charge >= 0.3 is 6.61 Å². The minimum absolute atomic E-state index is 0.159. The van der Waals surface area contributed by atoms with E-state index in [9.17, 15) is 8.78 Å². The topological polar surface area (TPSA) is 38.5 Å². The standard InChI is InChI=1S/C13H18F2N2O/c1-17(10-5-6-10)8-12(16)9-3-2-4-11(7-9)18-13(14)15/h2-4,7,10,12-13H,5-6,8,16H2,1H3. The van der Waals surface area contributed by atoms with Crippen LogP contribution in [0.2, 0.25) is 0 Å². The van der Waals surface area contributed by atoms with Crippen molar-refractivity contribution in [1.29, 1.82) is 0 Å². The Morgan fingerprint density at radius 3 is 2.78 bits per heavy atom. The second-order valence-electron chi connectivity index (χ2n) is 4.73. The van der Waals surface area contributed by atoms with E-state index in [1.165, 1.54) is 18.9 Å². The van der Waals surface area contributed by atoms with Gasteiger partial charge in [0.05, 0.1) is 0 Å². The van der Waals surface area contributed by atoms with Gasteiger partial charge < -0.3 is 15.4 Å². The predicted molar refractivity (Wildman–Crippen MR) is 65.7 cm³/mol. The maximum atomic E-state index is 12.1. The van der Waals surface area contributed by atoms with E-state index in [4.69, 9.17) is 5.73 Å². The van der Waals surface area contributed by atoms with Crippen molar-refractivity contribution in [3.05, 3.63) is 29.8 Å². The van der Waals surface area contributed by atoms with Gasteiger partial charge in [0, 0.05) is 18.6 Å². The fraction of sp³-hybridized carbons (Fsp3) is 0.538. The Kier molecular flexibility index (Phi) is 4.14. The first kappa shape index (κ1) is 13.2. The average molecular weight is 256 g/mol. The second-order valence-corrected chi connectivity index (χ2v) is 4.73. The Hall–Kier alpha value is -1.20. The highest BCUT2D eigenvalue weighted by atomic mass is 19.3. The van der Waals surface area contributed by atoms with Crippen molar-refractivity contribution in [2.24, 2.45) is 5.73 Å². The molecule has 1 unspecified atom stereocenters. The van der Waals surface area contributed by atoms with E-state index in [0.717, 1.165) is 12.1 Å². The molecule has 0 radical (unpaired) electrons. The van der Waals surface area contributed by atoms with Crippen molar-refractivity contribution in [2.75, 3.05) is 13.6 Å². The smallest absolute Gasteiger partial charge is 0.387 e. The third-order valence-electron chi connectivity index (χ3n) is 3.17. The Labute approximate surface area is 106 Å². The molecule has 1 aliphatic rings. The highest BCUT2D eigenvalue weighted by Crippen LogP contribution is 2.27. The van der Waals surface area contributed by atoms with E-state index in [-0.39, 0.29) is 11.8 Å². The van der Waals surface area contributed by atoms with E-state index >= 15 is 0 Å². The van der Waals surface area contributed by atoms with Crippen LogP contribution in [-0.4, -0.2) is 31.1 Å². The summed E-state index contributed by atoms with van der Waals surface area (Å²) in [6.07, 6.45) is 2.44. The number of nitrogens with zero attached hydrogens (tertiary/aromatic N) is 1. The molecule has 3 nitrogen and oxygen atoms in total. The van der Waals surface area contributed by atoms with E-state index in [0.29, 0.717) is 6.04 Å². The minimum atomic E-state index is -2.80. The molecule has 18 heavy (non-hydrogen) atoms. The summed E-state index contributed by atoms with van der Waals surface area (Å²) in [5, 5.41) is 0. The summed E-state index contributed by atoms with van der Waals surface area (Å²) in [7, 11) is 2.04. The number of hydrogen-bond acceptors (Lipinski definition) is 3. The van der Waals surface area contributed by atoms with Crippen LogP contribution in [0.3, 0.4) is 0 Å². The molecule has 0 aromatic heterocycles.